The largest absolute Gasteiger partial charge is 0.366 e. The molecule has 0 aliphatic heterocycles. The average Bonchev–Trinajstić information content (AvgIpc) is 2.38. The first kappa shape index (κ1) is 15.6. The van der Waals surface area contributed by atoms with Gasteiger partial charge in [-0.15, -0.1) is 0 Å². The lowest BCUT2D eigenvalue weighted by Gasteiger charge is -2.31. The van der Waals surface area contributed by atoms with Crippen LogP contribution in [0, 0.1) is 27.7 Å². The second kappa shape index (κ2) is 6.31. The molecule has 2 aromatic rings. The zero-order chi connectivity index (χ0) is 15.6. The summed E-state index contributed by atoms with van der Waals surface area (Å²) in [6.07, 6.45) is 0. The third-order valence-corrected chi connectivity index (χ3v) is 4.05. The molecule has 0 bridgehead atoms. The minimum Gasteiger partial charge on any atom is -0.366 e. The molecule has 1 unspecified atom stereocenters. The molecule has 2 nitrogen and oxygen atoms in total. The van der Waals surface area contributed by atoms with Gasteiger partial charge in [0.2, 0.25) is 0 Å². The van der Waals surface area contributed by atoms with Crippen molar-refractivity contribution < 1.29 is 0 Å². The van der Waals surface area contributed by atoms with E-state index in [9.17, 15) is 0 Å². The molecule has 2 aromatic carbocycles. The number of hydrogen-bond donors (Lipinski definition) is 1. The van der Waals surface area contributed by atoms with Crippen LogP contribution in [0.3, 0.4) is 0 Å². The van der Waals surface area contributed by atoms with E-state index in [0.717, 1.165) is 0 Å². The summed E-state index contributed by atoms with van der Waals surface area (Å²) in [4.78, 5) is 2.29. The van der Waals surface area contributed by atoms with Crippen molar-refractivity contribution in [1.29, 1.82) is 0 Å². The first-order chi connectivity index (χ1) is 9.92. The monoisotopic (exact) mass is 282 g/mol. The fraction of sp³-hybridized carbons (Fsp3) is 0.368. The summed E-state index contributed by atoms with van der Waals surface area (Å²) in [5.41, 5.74) is 13.8. The highest BCUT2D eigenvalue weighted by molar-refractivity contribution is 5.55. The van der Waals surface area contributed by atoms with Gasteiger partial charge in [0, 0.05) is 19.3 Å². The molecule has 0 aromatic heterocycles. The average molecular weight is 282 g/mol. The molecular formula is C19H26N2. The van der Waals surface area contributed by atoms with E-state index in [4.69, 9.17) is 5.73 Å². The molecule has 2 N–H and O–H groups in total. The standard InChI is InChI=1S/C19H26N2/c1-13-6-7-18(16(4)9-13)21(5)19(12-20)17-10-14(2)8-15(3)11-17/h6-11,19H,12,20H2,1-5H3. The van der Waals surface area contributed by atoms with E-state index in [0.29, 0.717) is 6.54 Å². The number of anilines is 1. The van der Waals surface area contributed by atoms with Gasteiger partial charge in [-0.05, 0) is 44.9 Å². The van der Waals surface area contributed by atoms with Crippen LogP contribution in [-0.2, 0) is 0 Å². The molecule has 0 fully saturated rings. The number of nitrogens with two attached hydrogens (primary N) is 1. The molecule has 112 valence electrons. The minimum atomic E-state index is 0.199. The number of hydrogen-bond acceptors (Lipinski definition) is 2. The van der Waals surface area contributed by atoms with Crippen LogP contribution in [0.25, 0.3) is 0 Å². The van der Waals surface area contributed by atoms with Crippen LogP contribution in [0.5, 0.6) is 0 Å². The van der Waals surface area contributed by atoms with Crippen LogP contribution in [-0.4, -0.2) is 13.6 Å². The van der Waals surface area contributed by atoms with Crippen LogP contribution in [0.4, 0.5) is 5.69 Å². The Morgan fingerprint density at radius 2 is 1.52 bits per heavy atom. The highest BCUT2D eigenvalue weighted by atomic mass is 15.1. The van der Waals surface area contributed by atoms with E-state index >= 15 is 0 Å². The van der Waals surface area contributed by atoms with Gasteiger partial charge in [-0.3, -0.25) is 0 Å². The highest BCUT2D eigenvalue weighted by Gasteiger charge is 2.18. The zero-order valence-corrected chi connectivity index (χ0v) is 13.8. The molecule has 1 atom stereocenters. The van der Waals surface area contributed by atoms with Crippen LogP contribution < -0.4 is 10.6 Å². The molecular weight excluding hydrogens is 256 g/mol. The van der Waals surface area contributed by atoms with Crippen molar-refractivity contribution in [2.75, 3.05) is 18.5 Å². The molecule has 0 saturated heterocycles. The number of likely N-dealkylation sites (N-methyl/N-ethyl adjacent to an activating group) is 1. The van der Waals surface area contributed by atoms with Crippen molar-refractivity contribution in [2.45, 2.75) is 33.7 Å². The van der Waals surface area contributed by atoms with Gasteiger partial charge < -0.3 is 10.6 Å². The van der Waals surface area contributed by atoms with Crippen molar-refractivity contribution in [3.63, 3.8) is 0 Å². The normalized spacial score (nSPS) is 12.3. The van der Waals surface area contributed by atoms with Crippen LogP contribution in [0.1, 0.15) is 33.9 Å². The molecule has 0 radical (unpaired) electrons. The van der Waals surface area contributed by atoms with Gasteiger partial charge in [0.15, 0.2) is 0 Å². The number of nitrogens with zero attached hydrogens (tertiary/aromatic N) is 1. The Morgan fingerprint density at radius 1 is 0.905 bits per heavy atom. The summed E-state index contributed by atoms with van der Waals surface area (Å²) in [7, 11) is 2.13. The lowest BCUT2D eigenvalue weighted by atomic mass is 9.99. The maximum atomic E-state index is 6.08. The second-order valence-electron chi connectivity index (χ2n) is 6.07. The van der Waals surface area contributed by atoms with Crippen molar-refractivity contribution in [3.05, 3.63) is 64.2 Å². The predicted octanol–water partition coefficient (Wildman–Crippen LogP) is 4.06. The molecule has 0 heterocycles. The van der Waals surface area contributed by atoms with Gasteiger partial charge in [-0.25, -0.2) is 0 Å². The smallest absolute Gasteiger partial charge is 0.0661 e. The summed E-state index contributed by atoms with van der Waals surface area (Å²) in [6, 6.07) is 13.5. The maximum absolute atomic E-state index is 6.08. The van der Waals surface area contributed by atoms with Crippen molar-refractivity contribution in [2.24, 2.45) is 5.73 Å². The molecule has 2 heteroatoms. The summed E-state index contributed by atoms with van der Waals surface area (Å²) in [6.45, 7) is 9.17. The van der Waals surface area contributed by atoms with E-state index in [1.807, 2.05) is 0 Å². The SMILES string of the molecule is Cc1cc(C)cc(C(CN)N(C)c2ccc(C)cc2C)c1. The molecule has 0 spiro atoms. The molecule has 2 rings (SSSR count). The Bertz CT molecular complexity index is 611. The van der Waals surface area contributed by atoms with E-state index < -0.39 is 0 Å². The van der Waals surface area contributed by atoms with Gasteiger partial charge in [0.05, 0.1) is 6.04 Å². The summed E-state index contributed by atoms with van der Waals surface area (Å²) >= 11 is 0. The summed E-state index contributed by atoms with van der Waals surface area (Å²) in [5, 5.41) is 0. The van der Waals surface area contributed by atoms with Gasteiger partial charge in [-0.1, -0.05) is 47.0 Å². The zero-order valence-electron chi connectivity index (χ0n) is 13.8. The summed E-state index contributed by atoms with van der Waals surface area (Å²) in [5.74, 6) is 0. The van der Waals surface area contributed by atoms with E-state index in [-0.39, 0.29) is 6.04 Å². The van der Waals surface area contributed by atoms with E-state index in [1.165, 1.54) is 33.5 Å². The Labute approximate surface area is 128 Å². The van der Waals surface area contributed by atoms with Gasteiger partial charge >= 0.3 is 0 Å². The van der Waals surface area contributed by atoms with E-state index in [1.54, 1.807) is 0 Å². The molecule has 0 aliphatic rings. The van der Waals surface area contributed by atoms with E-state index in [2.05, 4.69) is 76.0 Å². The number of rotatable bonds is 4. The fourth-order valence-corrected chi connectivity index (χ4v) is 3.09. The van der Waals surface area contributed by atoms with Crippen molar-refractivity contribution in [3.8, 4) is 0 Å². The Hall–Kier alpha value is -1.80. The minimum absolute atomic E-state index is 0.199. The van der Waals surface area contributed by atoms with Gasteiger partial charge in [-0.2, -0.15) is 0 Å². The third-order valence-electron chi connectivity index (χ3n) is 4.05. The Morgan fingerprint density at radius 3 is 2.05 bits per heavy atom. The highest BCUT2D eigenvalue weighted by Crippen LogP contribution is 2.29. The first-order valence-corrected chi connectivity index (χ1v) is 7.50. The fourth-order valence-electron chi connectivity index (χ4n) is 3.09. The molecule has 21 heavy (non-hydrogen) atoms. The van der Waals surface area contributed by atoms with Crippen molar-refractivity contribution in [1.82, 2.24) is 0 Å². The molecule has 0 aliphatic carbocycles. The Balaban J connectivity index is 2.40. The van der Waals surface area contributed by atoms with Crippen molar-refractivity contribution >= 4 is 5.69 Å². The topological polar surface area (TPSA) is 29.3 Å². The summed E-state index contributed by atoms with van der Waals surface area (Å²) < 4.78 is 0. The predicted molar refractivity (Wildman–Crippen MR) is 92.0 cm³/mol. The lowest BCUT2D eigenvalue weighted by molar-refractivity contribution is 0.678. The van der Waals surface area contributed by atoms with Crippen LogP contribution >= 0.6 is 0 Å². The van der Waals surface area contributed by atoms with Gasteiger partial charge in [0.25, 0.3) is 0 Å². The first-order valence-electron chi connectivity index (χ1n) is 7.50. The number of aryl methyl sites for hydroxylation is 4. The lowest BCUT2D eigenvalue weighted by Crippen LogP contribution is -2.31. The maximum Gasteiger partial charge on any atom is 0.0661 e. The van der Waals surface area contributed by atoms with Gasteiger partial charge in [0.1, 0.15) is 0 Å². The molecule has 0 amide bonds. The molecule has 0 saturated carbocycles. The third kappa shape index (κ3) is 3.45. The number of benzene rings is 2. The second-order valence-corrected chi connectivity index (χ2v) is 6.07. The quantitative estimate of drug-likeness (QED) is 0.916. The Kier molecular flexibility index (Phi) is 4.69. The van der Waals surface area contributed by atoms with Crippen LogP contribution in [0.2, 0.25) is 0 Å². The van der Waals surface area contributed by atoms with Crippen LogP contribution in [0.15, 0.2) is 36.4 Å².